The van der Waals surface area contributed by atoms with Crippen LogP contribution < -0.4 is 0 Å². The van der Waals surface area contributed by atoms with Gasteiger partial charge in [0.2, 0.25) is 0 Å². The summed E-state index contributed by atoms with van der Waals surface area (Å²) in [5.41, 5.74) is 0. The molecule has 0 atom stereocenters. The lowest BCUT2D eigenvalue weighted by Gasteiger charge is -2.04. The summed E-state index contributed by atoms with van der Waals surface area (Å²) in [6.07, 6.45) is 3.88. The maximum Gasteiger partial charge on any atom is 0.305 e. The minimum atomic E-state index is -0.0838. The van der Waals surface area contributed by atoms with Crippen molar-refractivity contribution in [2.24, 2.45) is 5.92 Å². The Hall–Kier alpha value is -0.530. The van der Waals surface area contributed by atoms with Crippen LogP contribution in [0.2, 0.25) is 0 Å². The van der Waals surface area contributed by atoms with Crippen LogP contribution in [-0.4, -0.2) is 12.6 Å². The third-order valence-corrected chi connectivity index (χ3v) is 1.73. The van der Waals surface area contributed by atoms with Gasteiger partial charge in [-0.15, -0.1) is 0 Å². The minimum Gasteiger partial charge on any atom is -0.466 e. The van der Waals surface area contributed by atoms with Crippen molar-refractivity contribution < 1.29 is 9.53 Å². The highest BCUT2D eigenvalue weighted by Crippen LogP contribution is 2.05. The summed E-state index contributed by atoms with van der Waals surface area (Å²) in [4.78, 5) is 10.7. The average molecular weight is 172 g/mol. The molecule has 0 rings (SSSR count). The van der Waals surface area contributed by atoms with Crippen LogP contribution in [0.15, 0.2) is 0 Å². The Morgan fingerprint density at radius 2 is 2.00 bits per heavy atom. The first-order valence-electron chi connectivity index (χ1n) is 4.82. The molecule has 0 N–H and O–H groups in total. The summed E-state index contributed by atoms with van der Waals surface area (Å²) in [6.45, 7) is 6.83. The summed E-state index contributed by atoms with van der Waals surface area (Å²) >= 11 is 0. The monoisotopic (exact) mass is 172 g/mol. The van der Waals surface area contributed by atoms with Crippen LogP contribution >= 0.6 is 0 Å². The van der Waals surface area contributed by atoms with Gasteiger partial charge in [0, 0.05) is 6.42 Å². The lowest BCUT2D eigenvalue weighted by atomic mass is 10.1. The van der Waals surface area contributed by atoms with Gasteiger partial charge in [-0.1, -0.05) is 27.2 Å². The quantitative estimate of drug-likeness (QED) is 0.455. The number of esters is 1. The third-order valence-electron chi connectivity index (χ3n) is 1.73. The van der Waals surface area contributed by atoms with Gasteiger partial charge in [0.05, 0.1) is 6.61 Å². The number of carbonyl (C=O) groups is 1. The van der Waals surface area contributed by atoms with Crippen molar-refractivity contribution in [2.45, 2.75) is 46.5 Å². The Balaban J connectivity index is 3.05. The first-order chi connectivity index (χ1) is 5.66. The van der Waals surface area contributed by atoms with E-state index in [4.69, 9.17) is 4.74 Å². The molecule has 0 unspecified atom stereocenters. The zero-order valence-electron chi connectivity index (χ0n) is 8.43. The van der Waals surface area contributed by atoms with Crippen LogP contribution in [0.3, 0.4) is 0 Å². The van der Waals surface area contributed by atoms with Gasteiger partial charge in [0.25, 0.3) is 0 Å². The Kier molecular flexibility index (Phi) is 6.82. The molecule has 0 heterocycles. The summed E-state index contributed by atoms with van der Waals surface area (Å²) < 4.78 is 4.93. The van der Waals surface area contributed by atoms with Crippen molar-refractivity contribution in [2.75, 3.05) is 6.61 Å². The number of rotatable bonds is 6. The molecule has 0 spiro atoms. The van der Waals surface area contributed by atoms with Crippen molar-refractivity contribution in [3.05, 3.63) is 0 Å². The molecule has 0 aromatic carbocycles. The van der Waals surface area contributed by atoms with Crippen molar-refractivity contribution in [3.63, 3.8) is 0 Å². The summed E-state index contributed by atoms with van der Waals surface area (Å²) in [7, 11) is 0. The van der Waals surface area contributed by atoms with E-state index in [9.17, 15) is 4.79 Å². The predicted molar refractivity (Wildman–Crippen MR) is 49.9 cm³/mol. The molecule has 12 heavy (non-hydrogen) atoms. The van der Waals surface area contributed by atoms with Gasteiger partial charge in [-0.25, -0.2) is 0 Å². The third kappa shape index (κ3) is 7.58. The molecular weight excluding hydrogens is 152 g/mol. The van der Waals surface area contributed by atoms with Gasteiger partial charge < -0.3 is 4.74 Å². The number of unbranched alkanes of at least 4 members (excludes halogenated alkanes) is 1. The first-order valence-corrected chi connectivity index (χ1v) is 4.82. The van der Waals surface area contributed by atoms with E-state index < -0.39 is 0 Å². The Labute approximate surface area is 75.3 Å². The smallest absolute Gasteiger partial charge is 0.305 e. The fourth-order valence-corrected chi connectivity index (χ4v) is 0.943. The van der Waals surface area contributed by atoms with Crippen LogP contribution in [0, 0.1) is 5.92 Å². The fraction of sp³-hybridized carbons (Fsp3) is 0.900. The lowest BCUT2D eigenvalue weighted by molar-refractivity contribution is -0.143. The highest BCUT2D eigenvalue weighted by Gasteiger charge is 1.98. The molecule has 0 amide bonds. The van der Waals surface area contributed by atoms with Crippen LogP contribution in [0.5, 0.6) is 0 Å². The maximum absolute atomic E-state index is 10.7. The van der Waals surface area contributed by atoms with E-state index in [-0.39, 0.29) is 5.97 Å². The zero-order valence-corrected chi connectivity index (χ0v) is 8.43. The highest BCUT2D eigenvalue weighted by molar-refractivity contribution is 5.68. The van der Waals surface area contributed by atoms with Crippen LogP contribution in [-0.2, 0) is 9.53 Å². The van der Waals surface area contributed by atoms with Gasteiger partial charge in [0.15, 0.2) is 0 Å². The molecule has 0 aliphatic heterocycles. The van der Waals surface area contributed by atoms with Gasteiger partial charge in [-0.2, -0.15) is 0 Å². The molecule has 2 heteroatoms. The van der Waals surface area contributed by atoms with Gasteiger partial charge in [-0.05, 0) is 18.8 Å². The highest BCUT2D eigenvalue weighted by atomic mass is 16.5. The standard InChI is InChI=1S/C10H20O2/c1-4-10(11)12-8-6-5-7-9(2)3/h9H,4-8H2,1-3H3. The molecule has 2 nitrogen and oxygen atoms in total. The number of hydrogen-bond acceptors (Lipinski definition) is 2. The predicted octanol–water partition coefficient (Wildman–Crippen LogP) is 2.77. The van der Waals surface area contributed by atoms with Gasteiger partial charge >= 0.3 is 5.97 Å². The summed E-state index contributed by atoms with van der Waals surface area (Å²) in [5.74, 6) is 0.673. The van der Waals surface area contributed by atoms with E-state index in [1.807, 2.05) is 6.92 Å². The fourth-order valence-electron chi connectivity index (χ4n) is 0.943. The average Bonchev–Trinajstić information content (AvgIpc) is 2.03. The molecule has 0 bridgehead atoms. The van der Waals surface area contributed by atoms with Crippen LogP contribution in [0.4, 0.5) is 0 Å². The molecule has 0 saturated heterocycles. The van der Waals surface area contributed by atoms with Crippen LogP contribution in [0.25, 0.3) is 0 Å². The molecular formula is C10H20O2. The normalized spacial score (nSPS) is 10.3. The van der Waals surface area contributed by atoms with Gasteiger partial charge in [0.1, 0.15) is 0 Å². The second kappa shape index (κ2) is 7.14. The van der Waals surface area contributed by atoms with Crippen molar-refractivity contribution in [3.8, 4) is 0 Å². The maximum atomic E-state index is 10.7. The van der Waals surface area contributed by atoms with Crippen molar-refractivity contribution >= 4 is 5.97 Å². The molecule has 0 radical (unpaired) electrons. The molecule has 0 aliphatic rings. The van der Waals surface area contributed by atoms with Crippen LogP contribution in [0.1, 0.15) is 46.5 Å². The zero-order chi connectivity index (χ0) is 9.40. The molecule has 0 aromatic heterocycles. The van der Waals surface area contributed by atoms with E-state index in [2.05, 4.69) is 13.8 Å². The van der Waals surface area contributed by atoms with E-state index in [1.165, 1.54) is 6.42 Å². The number of hydrogen-bond donors (Lipinski definition) is 0. The second-order valence-electron chi connectivity index (χ2n) is 3.46. The molecule has 0 fully saturated rings. The molecule has 0 aliphatic carbocycles. The molecule has 72 valence electrons. The molecule has 0 aromatic rings. The Morgan fingerprint density at radius 3 is 2.50 bits per heavy atom. The minimum absolute atomic E-state index is 0.0838. The van der Waals surface area contributed by atoms with E-state index in [0.29, 0.717) is 13.0 Å². The van der Waals surface area contributed by atoms with Gasteiger partial charge in [-0.3, -0.25) is 4.79 Å². The van der Waals surface area contributed by atoms with E-state index in [0.717, 1.165) is 18.8 Å². The van der Waals surface area contributed by atoms with E-state index in [1.54, 1.807) is 0 Å². The number of carbonyl (C=O) groups excluding carboxylic acids is 1. The molecule has 0 saturated carbocycles. The van der Waals surface area contributed by atoms with Crippen molar-refractivity contribution in [1.29, 1.82) is 0 Å². The Morgan fingerprint density at radius 1 is 1.33 bits per heavy atom. The largest absolute Gasteiger partial charge is 0.466 e. The summed E-state index contributed by atoms with van der Waals surface area (Å²) in [6, 6.07) is 0. The SMILES string of the molecule is CCC(=O)OCCCCC(C)C. The summed E-state index contributed by atoms with van der Waals surface area (Å²) in [5, 5.41) is 0. The second-order valence-corrected chi connectivity index (χ2v) is 3.46. The van der Waals surface area contributed by atoms with E-state index >= 15 is 0 Å². The Bertz CT molecular complexity index is 119. The van der Waals surface area contributed by atoms with Crippen molar-refractivity contribution in [1.82, 2.24) is 0 Å². The topological polar surface area (TPSA) is 26.3 Å². The first kappa shape index (κ1) is 11.5. The lowest BCUT2D eigenvalue weighted by Crippen LogP contribution is -2.03. The number of ether oxygens (including phenoxy) is 1.